The van der Waals surface area contributed by atoms with E-state index in [1.54, 1.807) is 4.90 Å². The van der Waals surface area contributed by atoms with Crippen LogP contribution in [0.25, 0.3) is 0 Å². The van der Waals surface area contributed by atoms with Gasteiger partial charge in [-0.25, -0.2) is 4.79 Å². The number of nitrogens with zero attached hydrogens (tertiary/aromatic N) is 1. The van der Waals surface area contributed by atoms with Crippen molar-refractivity contribution in [2.75, 3.05) is 24.6 Å². The van der Waals surface area contributed by atoms with Crippen LogP contribution >= 0.6 is 0 Å². The van der Waals surface area contributed by atoms with E-state index in [-0.39, 0.29) is 18.0 Å². The summed E-state index contributed by atoms with van der Waals surface area (Å²) < 4.78 is 11.2. The Labute approximate surface area is 115 Å². The molecule has 2 amide bonds. The molecule has 0 aromatic rings. The zero-order chi connectivity index (χ0) is 13.8. The Morgan fingerprint density at radius 2 is 1.89 bits per heavy atom. The quantitative estimate of drug-likeness (QED) is 0.770. The summed E-state index contributed by atoms with van der Waals surface area (Å²) in [4.78, 5) is 24.7. The highest BCUT2D eigenvalue weighted by molar-refractivity contribution is 7.85. The Balaban J connectivity index is 1.81. The minimum Gasteiger partial charge on any atom is -0.481 e. The molecule has 1 aliphatic carbocycles. The summed E-state index contributed by atoms with van der Waals surface area (Å²) in [6.07, 6.45) is 2.90. The first-order chi connectivity index (χ1) is 9.06. The average Bonchev–Trinajstić information content (AvgIpc) is 2.39. The third kappa shape index (κ3) is 3.92. The van der Waals surface area contributed by atoms with E-state index in [2.05, 4.69) is 5.32 Å². The van der Waals surface area contributed by atoms with E-state index in [4.69, 9.17) is 5.11 Å². The Hall–Kier alpha value is -1.11. The fourth-order valence-electron chi connectivity index (χ4n) is 2.65. The molecule has 2 N–H and O–H groups in total. The number of rotatable bonds is 2. The lowest BCUT2D eigenvalue weighted by atomic mass is 9.86. The van der Waals surface area contributed by atoms with Crippen LogP contribution in [0, 0.1) is 5.92 Å². The van der Waals surface area contributed by atoms with Crippen molar-refractivity contribution < 1.29 is 18.9 Å². The Bertz CT molecular complexity index is 378. The van der Waals surface area contributed by atoms with Crippen molar-refractivity contribution in [1.29, 1.82) is 0 Å². The van der Waals surface area contributed by atoms with E-state index in [1.807, 2.05) is 0 Å². The van der Waals surface area contributed by atoms with Crippen molar-refractivity contribution in [2.24, 2.45) is 5.92 Å². The molecule has 0 aromatic carbocycles. The van der Waals surface area contributed by atoms with Crippen molar-refractivity contribution in [3.05, 3.63) is 0 Å². The molecule has 2 atom stereocenters. The lowest BCUT2D eigenvalue weighted by molar-refractivity contribution is -0.143. The van der Waals surface area contributed by atoms with Gasteiger partial charge in [-0.05, 0) is 19.3 Å². The van der Waals surface area contributed by atoms with Gasteiger partial charge in [-0.2, -0.15) is 0 Å². The maximum Gasteiger partial charge on any atom is 0.317 e. The molecule has 0 aromatic heterocycles. The van der Waals surface area contributed by atoms with Crippen LogP contribution in [0.3, 0.4) is 0 Å². The fraction of sp³-hybridized carbons (Fsp3) is 0.833. The molecule has 19 heavy (non-hydrogen) atoms. The van der Waals surface area contributed by atoms with Crippen LogP contribution in [0.2, 0.25) is 0 Å². The van der Waals surface area contributed by atoms with Gasteiger partial charge in [0.25, 0.3) is 0 Å². The summed E-state index contributed by atoms with van der Waals surface area (Å²) in [6, 6.07) is -0.192. The number of urea groups is 1. The highest BCUT2D eigenvalue weighted by Crippen LogP contribution is 2.24. The topological polar surface area (TPSA) is 86.7 Å². The standard InChI is InChI=1S/C12H20N2O4S/c15-11(16)9-2-1-3-10(8-9)13-12(17)14-4-6-19(18)7-5-14/h9-10H,1-8H2,(H,13,17)(H,15,16). The molecule has 2 aliphatic rings. The predicted octanol–water partition coefficient (Wildman–Crippen LogP) is 0.404. The van der Waals surface area contributed by atoms with Crippen molar-refractivity contribution in [3.63, 3.8) is 0 Å². The Morgan fingerprint density at radius 1 is 1.21 bits per heavy atom. The number of carboxylic acid groups (broad SMARTS) is 1. The van der Waals surface area contributed by atoms with Gasteiger partial charge in [0.05, 0.1) is 5.92 Å². The zero-order valence-electron chi connectivity index (χ0n) is 10.8. The van der Waals surface area contributed by atoms with Gasteiger partial charge in [0.15, 0.2) is 0 Å². The number of nitrogens with one attached hydrogen (secondary N) is 1. The molecular formula is C12H20N2O4S. The van der Waals surface area contributed by atoms with Crippen LogP contribution in [0.1, 0.15) is 25.7 Å². The second-order valence-electron chi connectivity index (χ2n) is 5.18. The number of amides is 2. The largest absolute Gasteiger partial charge is 0.481 e. The Kier molecular flexibility index (Phi) is 4.79. The molecule has 7 heteroatoms. The van der Waals surface area contributed by atoms with E-state index in [1.165, 1.54) is 0 Å². The third-order valence-corrected chi connectivity index (χ3v) is 5.09. The number of hydrogen-bond acceptors (Lipinski definition) is 3. The first-order valence-corrected chi connectivity index (χ1v) is 8.18. The van der Waals surface area contributed by atoms with E-state index < -0.39 is 16.8 Å². The first-order valence-electron chi connectivity index (χ1n) is 6.69. The summed E-state index contributed by atoms with van der Waals surface area (Å²) in [5.41, 5.74) is 0. The summed E-state index contributed by atoms with van der Waals surface area (Å²) in [6.45, 7) is 1.04. The summed E-state index contributed by atoms with van der Waals surface area (Å²) in [7, 11) is -0.795. The SMILES string of the molecule is O=C(O)C1CCCC(NC(=O)N2CCS(=O)CC2)C1. The molecule has 1 heterocycles. The van der Waals surface area contributed by atoms with Gasteiger partial charge in [0, 0.05) is 41.4 Å². The molecule has 1 saturated heterocycles. The summed E-state index contributed by atoms with van der Waals surface area (Å²) in [5.74, 6) is -0.0358. The molecule has 2 fully saturated rings. The van der Waals surface area contributed by atoms with Crippen LogP contribution in [0.15, 0.2) is 0 Å². The molecule has 6 nitrogen and oxygen atoms in total. The van der Waals surface area contributed by atoms with Crippen molar-refractivity contribution in [2.45, 2.75) is 31.7 Å². The average molecular weight is 288 g/mol. The first kappa shape index (κ1) is 14.3. The van der Waals surface area contributed by atoms with Gasteiger partial charge >= 0.3 is 12.0 Å². The minimum absolute atomic E-state index is 0.0465. The minimum atomic E-state index is -0.795. The van der Waals surface area contributed by atoms with E-state index >= 15 is 0 Å². The van der Waals surface area contributed by atoms with Crippen LogP contribution in [-0.2, 0) is 15.6 Å². The molecule has 0 spiro atoms. The predicted molar refractivity (Wildman–Crippen MR) is 71.4 cm³/mol. The molecule has 2 rings (SSSR count). The normalized spacial score (nSPS) is 28.9. The molecule has 1 saturated carbocycles. The maximum atomic E-state index is 12.0. The van der Waals surface area contributed by atoms with E-state index in [0.29, 0.717) is 37.4 Å². The third-order valence-electron chi connectivity index (χ3n) is 3.82. The van der Waals surface area contributed by atoms with Crippen molar-refractivity contribution in [1.82, 2.24) is 10.2 Å². The van der Waals surface area contributed by atoms with E-state index in [0.717, 1.165) is 12.8 Å². The smallest absolute Gasteiger partial charge is 0.317 e. The van der Waals surface area contributed by atoms with Gasteiger partial charge in [-0.15, -0.1) is 0 Å². The van der Waals surface area contributed by atoms with Crippen LogP contribution < -0.4 is 5.32 Å². The van der Waals surface area contributed by atoms with Gasteiger partial charge in [0.1, 0.15) is 0 Å². The molecule has 108 valence electrons. The number of carbonyl (C=O) groups is 2. The monoisotopic (exact) mass is 288 g/mol. The maximum absolute atomic E-state index is 12.0. The van der Waals surface area contributed by atoms with Crippen LogP contribution in [0.4, 0.5) is 4.79 Å². The van der Waals surface area contributed by atoms with Crippen LogP contribution in [0.5, 0.6) is 0 Å². The summed E-state index contributed by atoms with van der Waals surface area (Å²) >= 11 is 0. The van der Waals surface area contributed by atoms with Gasteiger partial charge in [-0.1, -0.05) is 6.42 Å². The number of hydrogen-bond donors (Lipinski definition) is 2. The summed E-state index contributed by atoms with van der Waals surface area (Å²) in [5, 5.41) is 11.9. The van der Waals surface area contributed by atoms with Crippen molar-refractivity contribution in [3.8, 4) is 0 Å². The van der Waals surface area contributed by atoms with Crippen LogP contribution in [-0.4, -0.2) is 56.9 Å². The fourth-order valence-corrected chi connectivity index (χ4v) is 3.70. The number of carbonyl (C=O) groups excluding carboxylic acids is 1. The molecular weight excluding hydrogens is 268 g/mol. The zero-order valence-corrected chi connectivity index (χ0v) is 11.7. The highest BCUT2D eigenvalue weighted by atomic mass is 32.2. The molecule has 0 radical (unpaired) electrons. The lowest BCUT2D eigenvalue weighted by Crippen LogP contribution is -2.50. The highest BCUT2D eigenvalue weighted by Gasteiger charge is 2.29. The van der Waals surface area contributed by atoms with E-state index in [9.17, 15) is 13.8 Å². The molecule has 2 unspecified atom stereocenters. The lowest BCUT2D eigenvalue weighted by Gasteiger charge is -2.32. The Morgan fingerprint density at radius 3 is 2.53 bits per heavy atom. The van der Waals surface area contributed by atoms with Crippen molar-refractivity contribution >= 4 is 22.8 Å². The number of aliphatic carboxylic acids is 1. The second kappa shape index (κ2) is 6.36. The van der Waals surface area contributed by atoms with Gasteiger partial charge in [-0.3, -0.25) is 9.00 Å². The molecule has 1 aliphatic heterocycles. The number of carboxylic acids is 1. The second-order valence-corrected chi connectivity index (χ2v) is 6.88. The molecule has 0 bridgehead atoms. The van der Waals surface area contributed by atoms with Gasteiger partial charge in [0.2, 0.25) is 0 Å². The van der Waals surface area contributed by atoms with Gasteiger partial charge < -0.3 is 15.3 Å².